The van der Waals surface area contributed by atoms with Gasteiger partial charge in [-0.15, -0.1) is 22.7 Å². The Bertz CT molecular complexity index is 728. The largest absolute Gasteiger partial charge is 0.392 e. The number of fused-ring (bicyclic) bond motifs is 2. The highest BCUT2D eigenvalue weighted by Crippen LogP contribution is 2.38. The minimum absolute atomic E-state index is 0.284. The second-order valence-electron chi connectivity index (χ2n) is 5.64. The molecule has 4 rings (SSSR count). The Balaban J connectivity index is 1.57. The molecule has 3 aromatic rings. The molecular weight excluding hydrogens is 298 g/mol. The number of rotatable bonds is 3. The lowest BCUT2D eigenvalue weighted by molar-refractivity contribution is 0.135. The van der Waals surface area contributed by atoms with E-state index in [4.69, 9.17) is 0 Å². The third kappa shape index (κ3) is 2.52. The molecule has 0 fully saturated rings. The predicted molar refractivity (Wildman–Crippen MR) is 89.3 cm³/mol. The van der Waals surface area contributed by atoms with Crippen LogP contribution >= 0.6 is 22.7 Å². The van der Waals surface area contributed by atoms with E-state index >= 15 is 0 Å². The van der Waals surface area contributed by atoms with Gasteiger partial charge in [0.25, 0.3) is 0 Å². The number of hydrogen-bond acceptors (Lipinski definition) is 4. The summed E-state index contributed by atoms with van der Waals surface area (Å²) in [6.45, 7) is 0. The second kappa shape index (κ2) is 5.52. The SMILES string of the molecule is OC(Cc1nc2ccccc2s1)C1CCCc2sccc21. The highest BCUT2D eigenvalue weighted by molar-refractivity contribution is 7.18. The molecule has 1 aliphatic rings. The van der Waals surface area contributed by atoms with Gasteiger partial charge in [0.1, 0.15) is 0 Å². The first-order chi connectivity index (χ1) is 10.3. The third-order valence-corrected chi connectivity index (χ3v) is 6.34. The molecule has 1 aliphatic carbocycles. The average molecular weight is 315 g/mol. The molecule has 0 radical (unpaired) electrons. The molecule has 1 N–H and O–H groups in total. The van der Waals surface area contributed by atoms with Gasteiger partial charge in [-0.1, -0.05) is 12.1 Å². The van der Waals surface area contributed by atoms with Crippen LogP contribution in [-0.4, -0.2) is 16.2 Å². The summed E-state index contributed by atoms with van der Waals surface area (Å²) in [6.07, 6.45) is 3.81. The lowest BCUT2D eigenvalue weighted by Crippen LogP contribution is -2.24. The Labute approximate surface area is 132 Å². The standard InChI is InChI=1S/C17H17NOS2/c19-14(11-4-3-7-15-12(11)8-9-20-15)10-17-18-13-5-1-2-6-16(13)21-17/h1-2,5-6,8-9,11,14,19H,3-4,7,10H2. The highest BCUT2D eigenvalue weighted by atomic mass is 32.1. The van der Waals surface area contributed by atoms with Crippen molar-refractivity contribution in [1.29, 1.82) is 0 Å². The number of aliphatic hydroxyl groups is 1. The summed E-state index contributed by atoms with van der Waals surface area (Å²) in [5.41, 5.74) is 2.42. The summed E-state index contributed by atoms with van der Waals surface area (Å²) in [7, 11) is 0. The fourth-order valence-electron chi connectivity index (χ4n) is 3.25. The molecule has 0 saturated heterocycles. The highest BCUT2D eigenvalue weighted by Gasteiger charge is 2.28. The molecule has 0 amide bonds. The number of benzene rings is 1. The van der Waals surface area contributed by atoms with Crippen LogP contribution in [0, 0.1) is 0 Å². The maximum atomic E-state index is 10.7. The van der Waals surface area contributed by atoms with E-state index in [1.165, 1.54) is 28.0 Å². The summed E-state index contributed by atoms with van der Waals surface area (Å²) in [5.74, 6) is 0.284. The molecular formula is C17H17NOS2. The smallest absolute Gasteiger partial charge is 0.0964 e. The molecule has 0 spiro atoms. The zero-order valence-corrected chi connectivity index (χ0v) is 13.3. The third-order valence-electron chi connectivity index (χ3n) is 4.28. The molecule has 2 heterocycles. The number of aliphatic hydroxyl groups excluding tert-OH is 1. The monoisotopic (exact) mass is 315 g/mol. The van der Waals surface area contributed by atoms with Crippen molar-refractivity contribution < 1.29 is 5.11 Å². The van der Waals surface area contributed by atoms with Crippen LogP contribution in [0.4, 0.5) is 0 Å². The molecule has 2 nitrogen and oxygen atoms in total. The van der Waals surface area contributed by atoms with Crippen LogP contribution in [0.15, 0.2) is 35.7 Å². The maximum Gasteiger partial charge on any atom is 0.0964 e. The first kappa shape index (κ1) is 13.4. The van der Waals surface area contributed by atoms with Crippen molar-refractivity contribution in [2.45, 2.75) is 37.7 Å². The van der Waals surface area contributed by atoms with Crippen LogP contribution in [0.5, 0.6) is 0 Å². The summed E-state index contributed by atoms with van der Waals surface area (Å²) >= 11 is 3.54. The molecule has 0 aliphatic heterocycles. The van der Waals surface area contributed by atoms with Gasteiger partial charge in [0.15, 0.2) is 0 Å². The lowest BCUT2D eigenvalue weighted by atomic mass is 9.83. The minimum atomic E-state index is -0.320. The quantitative estimate of drug-likeness (QED) is 0.778. The van der Waals surface area contributed by atoms with Crippen molar-refractivity contribution in [1.82, 2.24) is 4.98 Å². The van der Waals surface area contributed by atoms with E-state index in [0.29, 0.717) is 6.42 Å². The summed E-state index contributed by atoms with van der Waals surface area (Å²) < 4.78 is 1.21. The minimum Gasteiger partial charge on any atom is -0.392 e. The number of aryl methyl sites for hydroxylation is 1. The maximum absolute atomic E-state index is 10.7. The molecule has 1 aromatic carbocycles. The molecule has 0 saturated carbocycles. The van der Waals surface area contributed by atoms with Gasteiger partial charge in [0, 0.05) is 17.2 Å². The summed E-state index contributed by atoms with van der Waals surface area (Å²) in [5, 5.41) is 13.9. The van der Waals surface area contributed by atoms with Crippen LogP contribution in [0.1, 0.15) is 34.2 Å². The zero-order chi connectivity index (χ0) is 14.2. The Hall–Kier alpha value is -1.23. The first-order valence-electron chi connectivity index (χ1n) is 7.40. The van der Waals surface area contributed by atoms with E-state index in [1.807, 2.05) is 29.5 Å². The Kier molecular flexibility index (Phi) is 3.53. The van der Waals surface area contributed by atoms with E-state index in [9.17, 15) is 5.11 Å². The molecule has 0 bridgehead atoms. The van der Waals surface area contributed by atoms with Crippen LogP contribution in [-0.2, 0) is 12.8 Å². The van der Waals surface area contributed by atoms with Crippen molar-refractivity contribution >= 4 is 32.9 Å². The van der Waals surface area contributed by atoms with Gasteiger partial charge >= 0.3 is 0 Å². The average Bonchev–Trinajstić information content (AvgIpc) is 3.12. The van der Waals surface area contributed by atoms with Crippen molar-refractivity contribution in [2.24, 2.45) is 0 Å². The van der Waals surface area contributed by atoms with Crippen LogP contribution < -0.4 is 0 Å². The van der Waals surface area contributed by atoms with Crippen molar-refractivity contribution in [3.05, 3.63) is 51.2 Å². The lowest BCUT2D eigenvalue weighted by Gasteiger charge is -2.26. The van der Waals surface area contributed by atoms with Crippen LogP contribution in [0.25, 0.3) is 10.2 Å². The van der Waals surface area contributed by atoms with Gasteiger partial charge in [-0.3, -0.25) is 0 Å². The normalized spacial score (nSPS) is 19.6. The number of aromatic nitrogens is 1. The number of nitrogens with zero attached hydrogens (tertiary/aromatic N) is 1. The Morgan fingerprint density at radius 3 is 3.10 bits per heavy atom. The molecule has 4 heteroatoms. The second-order valence-corrected chi connectivity index (χ2v) is 7.76. The fraction of sp³-hybridized carbons (Fsp3) is 0.353. The van der Waals surface area contributed by atoms with E-state index in [-0.39, 0.29) is 12.0 Å². The van der Waals surface area contributed by atoms with Crippen LogP contribution in [0.2, 0.25) is 0 Å². The van der Waals surface area contributed by atoms with E-state index in [0.717, 1.165) is 16.9 Å². The van der Waals surface area contributed by atoms with Crippen molar-refractivity contribution in [3.63, 3.8) is 0 Å². The van der Waals surface area contributed by atoms with Crippen molar-refractivity contribution in [3.8, 4) is 0 Å². The van der Waals surface area contributed by atoms with Gasteiger partial charge in [-0.2, -0.15) is 0 Å². The first-order valence-corrected chi connectivity index (χ1v) is 9.09. The molecule has 108 valence electrons. The van der Waals surface area contributed by atoms with Gasteiger partial charge in [0.05, 0.1) is 21.3 Å². The van der Waals surface area contributed by atoms with E-state index in [1.54, 1.807) is 11.3 Å². The summed E-state index contributed by atoms with van der Waals surface area (Å²) in [4.78, 5) is 6.12. The number of hydrogen-bond donors (Lipinski definition) is 1. The fourth-order valence-corrected chi connectivity index (χ4v) is 5.26. The summed E-state index contributed by atoms with van der Waals surface area (Å²) in [6, 6.07) is 10.4. The number of para-hydroxylation sites is 1. The van der Waals surface area contributed by atoms with Crippen LogP contribution in [0.3, 0.4) is 0 Å². The molecule has 21 heavy (non-hydrogen) atoms. The zero-order valence-electron chi connectivity index (χ0n) is 11.7. The van der Waals surface area contributed by atoms with Gasteiger partial charge in [0.2, 0.25) is 0 Å². The predicted octanol–water partition coefficient (Wildman–Crippen LogP) is 4.38. The van der Waals surface area contributed by atoms with E-state index in [2.05, 4.69) is 22.5 Å². The van der Waals surface area contributed by atoms with Gasteiger partial charge in [-0.05, 0) is 48.4 Å². The van der Waals surface area contributed by atoms with E-state index < -0.39 is 0 Å². The molecule has 2 atom stereocenters. The van der Waals surface area contributed by atoms with Crippen molar-refractivity contribution in [2.75, 3.05) is 0 Å². The molecule has 2 unspecified atom stereocenters. The molecule has 2 aromatic heterocycles. The Morgan fingerprint density at radius 1 is 1.29 bits per heavy atom. The Morgan fingerprint density at radius 2 is 2.19 bits per heavy atom. The van der Waals surface area contributed by atoms with Gasteiger partial charge in [-0.25, -0.2) is 4.98 Å². The number of thiazole rings is 1. The number of thiophene rings is 1. The van der Waals surface area contributed by atoms with Gasteiger partial charge < -0.3 is 5.11 Å². The topological polar surface area (TPSA) is 33.1 Å².